The van der Waals surface area contributed by atoms with Crippen molar-refractivity contribution in [3.63, 3.8) is 0 Å². The fourth-order valence-corrected chi connectivity index (χ4v) is 2.53. The van der Waals surface area contributed by atoms with Gasteiger partial charge in [-0.3, -0.25) is 0 Å². The Morgan fingerprint density at radius 1 is 0.955 bits per heavy atom. The molecule has 0 aliphatic carbocycles. The van der Waals surface area contributed by atoms with Gasteiger partial charge in [-0.2, -0.15) is 0 Å². The second kappa shape index (κ2) is 6.07. The van der Waals surface area contributed by atoms with E-state index in [9.17, 15) is 0 Å². The van der Waals surface area contributed by atoms with Crippen molar-refractivity contribution in [3.05, 3.63) is 46.7 Å². The van der Waals surface area contributed by atoms with Crippen molar-refractivity contribution >= 4 is 22.2 Å². The van der Waals surface area contributed by atoms with Crippen LogP contribution in [0.1, 0.15) is 16.4 Å². The largest absolute Gasteiger partial charge is 0.424 e. The molecule has 3 aromatic rings. The van der Waals surface area contributed by atoms with Crippen LogP contribution in [-0.2, 0) is 0 Å². The lowest BCUT2D eigenvalue weighted by molar-refractivity contribution is 0.439. The lowest BCUT2D eigenvalue weighted by Crippen LogP contribution is -1.96. The van der Waals surface area contributed by atoms with Crippen LogP contribution in [0, 0.1) is 20.8 Å². The molecule has 0 aliphatic heterocycles. The smallest absolute Gasteiger partial charge is 0.322 e. The molecule has 6 nitrogen and oxygen atoms in total. The Morgan fingerprint density at radius 2 is 1.64 bits per heavy atom. The first-order valence-electron chi connectivity index (χ1n) is 6.76. The minimum atomic E-state index is 0.359. The first kappa shape index (κ1) is 14.4. The van der Waals surface area contributed by atoms with Gasteiger partial charge < -0.3 is 10.1 Å². The van der Waals surface area contributed by atoms with Gasteiger partial charge in [0.05, 0.1) is 0 Å². The first-order chi connectivity index (χ1) is 10.6. The van der Waals surface area contributed by atoms with Gasteiger partial charge in [-0.1, -0.05) is 11.3 Å². The molecule has 0 radical (unpaired) electrons. The zero-order valence-corrected chi connectivity index (χ0v) is 13.3. The maximum absolute atomic E-state index is 5.67. The highest BCUT2D eigenvalue weighted by Crippen LogP contribution is 2.24. The normalized spacial score (nSPS) is 10.5. The Balaban J connectivity index is 1.71. The predicted molar refractivity (Wildman–Crippen MR) is 86.0 cm³/mol. The van der Waals surface area contributed by atoms with Crippen LogP contribution >= 0.6 is 11.3 Å². The molecule has 0 saturated heterocycles. The van der Waals surface area contributed by atoms with Crippen LogP contribution in [-0.4, -0.2) is 20.2 Å². The SMILES string of the molecule is Cc1cc(C)nc(Oc2ccc(Nc3nnc(C)s3)cc2)n1. The van der Waals surface area contributed by atoms with Crippen molar-refractivity contribution in [1.29, 1.82) is 0 Å². The molecule has 0 amide bonds. The van der Waals surface area contributed by atoms with E-state index in [0.29, 0.717) is 11.8 Å². The third-order valence-corrected chi connectivity index (χ3v) is 3.56. The molecule has 3 rings (SSSR count). The number of aromatic nitrogens is 4. The van der Waals surface area contributed by atoms with Gasteiger partial charge in [0.1, 0.15) is 10.8 Å². The summed E-state index contributed by atoms with van der Waals surface area (Å²) in [6.07, 6.45) is 0. The molecule has 0 aliphatic rings. The first-order valence-corrected chi connectivity index (χ1v) is 7.57. The zero-order chi connectivity index (χ0) is 15.5. The molecule has 7 heteroatoms. The second-order valence-corrected chi connectivity index (χ2v) is 5.99. The molecule has 112 valence electrons. The van der Waals surface area contributed by atoms with E-state index in [1.165, 1.54) is 11.3 Å². The minimum Gasteiger partial charge on any atom is -0.424 e. The van der Waals surface area contributed by atoms with Gasteiger partial charge in [0, 0.05) is 17.1 Å². The second-order valence-electron chi connectivity index (χ2n) is 4.81. The molecule has 1 aromatic carbocycles. The van der Waals surface area contributed by atoms with E-state index in [2.05, 4.69) is 25.5 Å². The van der Waals surface area contributed by atoms with Gasteiger partial charge in [0.2, 0.25) is 5.13 Å². The lowest BCUT2D eigenvalue weighted by Gasteiger charge is -2.07. The van der Waals surface area contributed by atoms with Crippen molar-refractivity contribution < 1.29 is 4.74 Å². The van der Waals surface area contributed by atoms with Crippen LogP contribution in [0.15, 0.2) is 30.3 Å². The van der Waals surface area contributed by atoms with E-state index in [0.717, 1.165) is 27.2 Å². The third kappa shape index (κ3) is 3.56. The maximum Gasteiger partial charge on any atom is 0.322 e. The Bertz CT molecular complexity index is 765. The number of hydrogen-bond donors (Lipinski definition) is 1. The third-order valence-electron chi connectivity index (χ3n) is 2.80. The lowest BCUT2D eigenvalue weighted by atomic mass is 10.3. The number of hydrogen-bond acceptors (Lipinski definition) is 7. The number of benzene rings is 1. The van der Waals surface area contributed by atoms with Gasteiger partial charge in [0.25, 0.3) is 0 Å². The van der Waals surface area contributed by atoms with E-state index in [4.69, 9.17) is 4.74 Å². The highest BCUT2D eigenvalue weighted by molar-refractivity contribution is 7.15. The summed E-state index contributed by atoms with van der Waals surface area (Å²) in [6, 6.07) is 9.81. The minimum absolute atomic E-state index is 0.359. The van der Waals surface area contributed by atoms with Gasteiger partial charge in [0.15, 0.2) is 0 Å². The molecule has 2 aromatic heterocycles. The van der Waals surface area contributed by atoms with Gasteiger partial charge in [-0.05, 0) is 51.1 Å². The van der Waals surface area contributed by atoms with Gasteiger partial charge in [-0.25, -0.2) is 9.97 Å². The number of nitrogens with one attached hydrogen (secondary N) is 1. The van der Waals surface area contributed by atoms with E-state index in [1.54, 1.807) is 0 Å². The average molecular weight is 313 g/mol. The van der Waals surface area contributed by atoms with Crippen molar-refractivity contribution in [2.75, 3.05) is 5.32 Å². The van der Waals surface area contributed by atoms with Crippen LogP contribution in [0.2, 0.25) is 0 Å². The van der Waals surface area contributed by atoms with Crippen LogP contribution in [0.25, 0.3) is 0 Å². The summed E-state index contributed by atoms with van der Waals surface area (Å²) in [6.45, 7) is 5.75. The Kier molecular flexibility index (Phi) is 3.97. The standard InChI is InChI=1S/C15H15N5OS/c1-9-8-10(2)17-14(16-9)21-13-6-4-12(5-7-13)18-15-20-19-11(3)22-15/h4-8H,1-3H3,(H,18,20). The van der Waals surface area contributed by atoms with Gasteiger partial charge >= 0.3 is 6.01 Å². The van der Waals surface area contributed by atoms with Crippen LogP contribution in [0.4, 0.5) is 10.8 Å². The molecule has 0 saturated carbocycles. The van der Waals surface area contributed by atoms with Crippen molar-refractivity contribution in [1.82, 2.24) is 20.2 Å². The number of anilines is 2. The van der Waals surface area contributed by atoms with Gasteiger partial charge in [-0.15, -0.1) is 10.2 Å². The van der Waals surface area contributed by atoms with E-state index in [-0.39, 0.29) is 0 Å². The number of ether oxygens (including phenoxy) is 1. The van der Waals surface area contributed by atoms with Crippen molar-refractivity contribution in [2.45, 2.75) is 20.8 Å². The fourth-order valence-electron chi connectivity index (χ4n) is 1.92. The van der Waals surface area contributed by atoms with Crippen LogP contribution in [0.5, 0.6) is 11.8 Å². The molecule has 0 unspecified atom stereocenters. The summed E-state index contributed by atoms with van der Waals surface area (Å²) in [7, 11) is 0. The number of rotatable bonds is 4. The summed E-state index contributed by atoms with van der Waals surface area (Å²) < 4.78 is 5.67. The summed E-state index contributed by atoms with van der Waals surface area (Å²) in [5.41, 5.74) is 2.68. The molecule has 1 N–H and O–H groups in total. The van der Waals surface area contributed by atoms with Crippen LogP contribution < -0.4 is 10.1 Å². The molecule has 0 fully saturated rings. The Labute approximate surface area is 132 Å². The topological polar surface area (TPSA) is 72.8 Å². The zero-order valence-electron chi connectivity index (χ0n) is 12.5. The van der Waals surface area contributed by atoms with E-state index >= 15 is 0 Å². The highest BCUT2D eigenvalue weighted by atomic mass is 32.1. The Morgan fingerprint density at radius 3 is 2.23 bits per heavy atom. The van der Waals surface area contributed by atoms with Crippen molar-refractivity contribution in [2.24, 2.45) is 0 Å². The maximum atomic E-state index is 5.67. The molecule has 0 bridgehead atoms. The molecule has 2 heterocycles. The summed E-state index contributed by atoms with van der Waals surface area (Å²) in [5.74, 6) is 0.684. The molecular weight excluding hydrogens is 298 g/mol. The van der Waals surface area contributed by atoms with Crippen molar-refractivity contribution in [3.8, 4) is 11.8 Å². The Hall–Kier alpha value is -2.54. The molecular formula is C15H15N5OS. The fraction of sp³-hybridized carbons (Fsp3) is 0.200. The number of aryl methyl sites for hydroxylation is 3. The quantitative estimate of drug-likeness (QED) is 0.790. The molecule has 0 spiro atoms. The number of nitrogens with zero attached hydrogens (tertiary/aromatic N) is 4. The predicted octanol–water partition coefficient (Wildman–Crippen LogP) is 3.79. The molecule has 22 heavy (non-hydrogen) atoms. The summed E-state index contributed by atoms with van der Waals surface area (Å²) in [5, 5.41) is 12.9. The summed E-state index contributed by atoms with van der Waals surface area (Å²) >= 11 is 1.51. The average Bonchev–Trinajstić information content (AvgIpc) is 2.85. The van der Waals surface area contributed by atoms with Crippen LogP contribution in [0.3, 0.4) is 0 Å². The summed E-state index contributed by atoms with van der Waals surface area (Å²) in [4.78, 5) is 8.51. The van der Waals surface area contributed by atoms with E-state index < -0.39 is 0 Å². The van der Waals surface area contributed by atoms with E-state index in [1.807, 2.05) is 51.1 Å². The molecule has 0 atom stereocenters. The highest BCUT2D eigenvalue weighted by Gasteiger charge is 2.04. The monoisotopic (exact) mass is 313 g/mol.